The monoisotopic (exact) mass is 538 g/mol. The summed E-state index contributed by atoms with van der Waals surface area (Å²) >= 11 is 0. The third-order valence-electron chi connectivity index (χ3n) is 7.87. The number of aliphatic hydroxyl groups is 1. The highest BCUT2D eigenvalue weighted by Crippen LogP contribution is 2.37. The maximum atomic E-state index is 15.6. The van der Waals surface area contributed by atoms with Crippen LogP contribution in [0.4, 0.5) is 29.2 Å². The summed E-state index contributed by atoms with van der Waals surface area (Å²) in [6, 6.07) is 4.86. The van der Waals surface area contributed by atoms with Gasteiger partial charge in [-0.1, -0.05) is 19.1 Å². The van der Waals surface area contributed by atoms with E-state index in [1.165, 1.54) is 18.5 Å². The van der Waals surface area contributed by atoms with Crippen molar-refractivity contribution in [3.05, 3.63) is 47.5 Å². The summed E-state index contributed by atoms with van der Waals surface area (Å²) in [7, 11) is 0. The largest absolute Gasteiger partial charge is 0.416 e. The fraction of sp³-hybridized carbons (Fsp3) is 0.577. The number of aromatic nitrogens is 2. The second kappa shape index (κ2) is 10.3. The van der Waals surface area contributed by atoms with Gasteiger partial charge in [0.2, 0.25) is 11.7 Å². The van der Waals surface area contributed by atoms with Gasteiger partial charge in [0.15, 0.2) is 11.6 Å². The van der Waals surface area contributed by atoms with Crippen LogP contribution in [-0.4, -0.2) is 63.2 Å². The molecule has 12 heteroatoms. The van der Waals surface area contributed by atoms with Crippen molar-refractivity contribution in [2.24, 2.45) is 11.1 Å². The number of primary amides is 1. The average molecular weight is 539 g/mol. The molecule has 2 aromatic rings. The van der Waals surface area contributed by atoms with Gasteiger partial charge in [0.05, 0.1) is 17.2 Å². The average Bonchev–Trinajstić information content (AvgIpc) is 3.69. The Hall–Kier alpha value is -2.99. The summed E-state index contributed by atoms with van der Waals surface area (Å²) in [5, 5.41) is 13.9. The lowest BCUT2D eigenvalue weighted by Gasteiger charge is -2.48. The molecule has 2 atom stereocenters. The van der Waals surface area contributed by atoms with Gasteiger partial charge in [-0.2, -0.15) is 17.6 Å². The fourth-order valence-electron chi connectivity index (χ4n) is 4.68. The standard InChI is InChI=1S/C26H34F4N6O2/c1-24(2,23(31)38)35-11-10-25(3,19(37)13-35)14-32-21-20(27)22(34-15-33-21)36(18-8-9-18)12-16-4-6-17(7-5-16)26(28,29)30/h4-7,15,18-19,37H,8-14H2,1-3H3,(H2,31,38)(H,32,33,34)/t19-,25-/m1/s1. The SMILES string of the molecule is CC(C)(C(N)=O)N1CC[C@](C)(CNc2ncnc(N(Cc3ccc(C(F)(F)F)cc3)C3CC3)c2F)[C@H](O)C1. The molecular weight excluding hydrogens is 504 g/mol. The first kappa shape index (κ1) is 28.0. The number of carbonyl (C=O) groups is 1. The number of nitrogens with zero attached hydrogens (tertiary/aromatic N) is 4. The minimum atomic E-state index is -4.42. The van der Waals surface area contributed by atoms with Crippen molar-refractivity contribution >= 4 is 17.5 Å². The Kier molecular flexibility index (Phi) is 7.59. The highest BCUT2D eigenvalue weighted by Gasteiger charge is 2.44. The minimum absolute atomic E-state index is 0.0126. The number of β-amino-alcohol motifs (C(OH)–C–C–N with tert-alkyl or cyclic N) is 1. The molecule has 0 radical (unpaired) electrons. The lowest BCUT2D eigenvalue weighted by atomic mass is 9.76. The molecule has 2 heterocycles. The molecule has 4 N–H and O–H groups in total. The first-order chi connectivity index (χ1) is 17.7. The van der Waals surface area contributed by atoms with Gasteiger partial charge in [0, 0.05) is 31.1 Å². The number of rotatable bonds is 9. The van der Waals surface area contributed by atoms with E-state index in [-0.39, 0.29) is 37.3 Å². The smallest absolute Gasteiger partial charge is 0.391 e. The minimum Gasteiger partial charge on any atom is -0.391 e. The summed E-state index contributed by atoms with van der Waals surface area (Å²) in [5.41, 5.74) is 3.88. The highest BCUT2D eigenvalue weighted by atomic mass is 19.4. The molecular formula is C26H34F4N6O2. The number of carbonyl (C=O) groups excluding carboxylic acids is 1. The van der Waals surface area contributed by atoms with Gasteiger partial charge in [0.25, 0.3) is 0 Å². The van der Waals surface area contributed by atoms with Crippen LogP contribution in [0.2, 0.25) is 0 Å². The molecule has 38 heavy (non-hydrogen) atoms. The van der Waals surface area contributed by atoms with Gasteiger partial charge >= 0.3 is 6.18 Å². The maximum absolute atomic E-state index is 15.6. The summed E-state index contributed by atoms with van der Waals surface area (Å²) in [5.74, 6) is -1.06. The van der Waals surface area contributed by atoms with E-state index in [1.807, 2.05) is 11.8 Å². The van der Waals surface area contributed by atoms with E-state index in [0.717, 1.165) is 25.0 Å². The molecule has 0 bridgehead atoms. The number of amides is 1. The van der Waals surface area contributed by atoms with Crippen LogP contribution in [0.25, 0.3) is 0 Å². The topological polar surface area (TPSA) is 108 Å². The summed E-state index contributed by atoms with van der Waals surface area (Å²) in [6.07, 6.45) is -1.77. The van der Waals surface area contributed by atoms with Crippen molar-refractivity contribution in [2.45, 2.75) is 70.4 Å². The summed E-state index contributed by atoms with van der Waals surface area (Å²) in [4.78, 5) is 23.6. The van der Waals surface area contributed by atoms with Crippen LogP contribution in [0.15, 0.2) is 30.6 Å². The van der Waals surface area contributed by atoms with Gasteiger partial charge in [-0.15, -0.1) is 0 Å². The van der Waals surface area contributed by atoms with Gasteiger partial charge < -0.3 is 21.1 Å². The summed E-state index contributed by atoms with van der Waals surface area (Å²) < 4.78 is 54.4. The lowest BCUT2D eigenvalue weighted by Crippen LogP contribution is -2.61. The Labute approximate surface area is 219 Å². The van der Waals surface area contributed by atoms with Crippen molar-refractivity contribution in [3.63, 3.8) is 0 Å². The zero-order chi connectivity index (χ0) is 27.9. The van der Waals surface area contributed by atoms with Crippen LogP contribution in [0.1, 0.15) is 51.2 Å². The third-order valence-corrected chi connectivity index (χ3v) is 7.87. The lowest BCUT2D eigenvalue weighted by molar-refractivity contribution is -0.137. The van der Waals surface area contributed by atoms with E-state index < -0.39 is 40.5 Å². The quantitative estimate of drug-likeness (QED) is 0.419. The maximum Gasteiger partial charge on any atom is 0.416 e. The van der Waals surface area contributed by atoms with Gasteiger partial charge in [-0.25, -0.2) is 9.97 Å². The molecule has 0 spiro atoms. The zero-order valence-electron chi connectivity index (χ0n) is 21.7. The van der Waals surface area contributed by atoms with Crippen molar-refractivity contribution in [3.8, 4) is 0 Å². The predicted octanol–water partition coefficient (Wildman–Crippen LogP) is 3.55. The molecule has 1 aliphatic carbocycles. The number of nitrogens with two attached hydrogens (primary N) is 1. The van der Waals surface area contributed by atoms with E-state index in [4.69, 9.17) is 5.73 Å². The number of aliphatic hydroxyl groups excluding tert-OH is 1. The first-order valence-corrected chi connectivity index (χ1v) is 12.6. The molecule has 1 aromatic carbocycles. The first-order valence-electron chi connectivity index (χ1n) is 12.6. The third kappa shape index (κ3) is 5.85. The van der Waals surface area contributed by atoms with Crippen LogP contribution < -0.4 is 16.0 Å². The molecule has 2 fully saturated rings. The Bertz CT molecular complexity index is 1160. The molecule has 2 aliphatic rings. The van der Waals surface area contributed by atoms with Crippen molar-refractivity contribution in [2.75, 3.05) is 29.9 Å². The van der Waals surface area contributed by atoms with E-state index >= 15 is 4.39 Å². The van der Waals surface area contributed by atoms with Gasteiger partial charge in [-0.3, -0.25) is 9.69 Å². The predicted molar refractivity (Wildman–Crippen MR) is 135 cm³/mol. The van der Waals surface area contributed by atoms with Crippen LogP contribution in [-0.2, 0) is 17.5 Å². The van der Waals surface area contributed by atoms with Gasteiger partial charge in [0.1, 0.15) is 6.33 Å². The molecule has 0 unspecified atom stereocenters. The van der Waals surface area contributed by atoms with Crippen molar-refractivity contribution in [1.82, 2.24) is 14.9 Å². The molecule has 1 saturated carbocycles. The molecule has 1 saturated heterocycles. The Morgan fingerprint density at radius 3 is 2.45 bits per heavy atom. The Morgan fingerprint density at radius 1 is 1.24 bits per heavy atom. The number of piperidine rings is 1. The molecule has 208 valence electrons. The van der Waals surface area contributed by atoms with Crippen molar-refractivity contribution in [1.29, 1.82) is 0 Å². The molecule has 8 nitrogen and oxygen atoms in total. The van der Waals surface area contributed by atoms with E-state index in [0.29, 0.717) is 18.5 Å². The van der Waals surface area contributed by atoms with Crippen LogP contribution in [0.3, 0.4) is 0 Å². The molecule has 1 aromatic heterocycles. The Morgan fingerprint density at radius 2 is 1.89 bits per heavy atom. The second-order valence-electron chi connectivity index (χ2n) is 11.1. The van der Waals surface area contributed by atoms with E-state index in [2.05, 4.69) is 15.3 Å². The number of hydrogen-bond acceptors (Lipinski definition) is 7. The van der Waals surface area contributed by atoms with Crippen LogP contribution >= 0.6 is 0 Å². The number of hydrogen-bond donors (Lipinski definition) is 3. The van der Waals surface area contributed by atoms with E-state index in [9.17, 15) is 23.1 Å². The van der Waals surface area contributed by atoms with Crippen molar-refractivity contribution < 1.29 is 27.5 Å². The number of nitrogens with one attached hydrogen (secondary N) is 1. The number of alkyl halides is 3. The van der Waals surface area contributed by atoms with Crippen LogP contribution in [0.5, 0.6) is 0 Å². The fourth-order valence-corrected chi connectivity index (χ4v) is 4.68. The van der Waals surface area contributed by atoms with Crippen LogP contribution in [0, 0.1) is 11.2 Å². The molecule has 1 amide bonds. The van der Waals surface area contributed by atoms with Gasteiger partial charge in [-0.05, 0) is 57.4 Å². The highest BCUT2D eigenvalue weighted by molar-refractivity contribution is 5.83. The number of likely N-dealkylation sites (tertiary alicyclic amines) is 1. The normalized spacial score (nSPS) is 22.8. The number of halogens is 4. The molecule has 4 rings (SSSR count). The van der Waals surface area contributed by atoms with E-state index in [1.54, 1.807) is 18.7 Å². The summed E-state index contributed by atoms with van der Waals surface area (Å²) in [6.45, 7) is 6.54. The molecule has 1 aliphatic heterocycles. The second-order valence-corrected chi connectivity index (χ2v) is 11.1. The number of benzene rings is 1. The number of anilines is 2. The zero-order valence-corrected chi connectivity index (χ0v) is 21.7. The Balaban J connectivity index is 1.46.